The highest BCUT2D eigenvalue weighted by Crippen LogP contribution is 2.47. The fraction of sp³-hybridized carbons (Fsp3) is 0. The zero-order valence-corrected chi connectivity index (χ0v) is 26.9. The Morgan fingerprint density at radius 1 is 0.380 bits per heavy atom. The summed E-state index contributed by atoms with van der Waals surface area (Å²) in [6.07, 6.45) is 0. The molecule has 0 fully saturated rings. The van der Waals surface area contributed by atoms with E-state index in [0.29, 0.717) is 5.89 Å². The average molecular weight is 638 g/mol. The molecule has 0 aliphatic carbocycles. The quantitative estimate of drug-likeness (QED) is 0.143. The van der Waals surface area contributed by atoms with Crippen LogP contribution in [0.25, 0.3) is 110 Å². The van der Waals surface area contributed by atoms with Crippen LogP contribution in [0.5, 0.6) is 0 Å². The molecule has 0 unspecified atom stereocenters. The fourth-order valence-corrected chi connectivity index (χ4v) is 8.05. The van der Waals surface area contributed by atoms with Crippen LogP contribution in [0.4, 0.5) is 0 Å². The Kier molecular flexibility index (Phi) is 5.67. The minimum atomic E-state index is 0.633. The minimum Gasteiger partial charge on any atom is -0.455 e. The fourth-order valence-electron chi connectivity index (χ4n) is 8.05. The molecule has 3 heteroatoms. The highest BCUT2D eigenvalue weighted by molar-refractivity contribution is 6.25. The molecule has 0 spiro atoms. The second-order valence-corrected chi connectivity index (χ2v) is 13.0. The molecule has 3 nitrogen and oxygen atoms in total. The van der Waals surface area contributed by atoms with E-state index in [2.05, 4.69) is 127 Å². The molecule has 11 aromatic rings. The number of hydrogen-bond donors (Lipinski definition) is 0. The highest BCUT2D eigenvalue weighted by atomic mass is 16.3. The van der Waals surface area contributed by atoms with E-state index in [1.165, 1.54) is 32.7 Å². The lowest BCUT2D eigenvalue weighted by molar-refractivity contribution is 0.623. The molecular formula is C47H27NO2. The van der Waals surface area contributed by atoms with Gasteiger partial charge >= 0.3 is 0 Å². The lowest BCUT2D eigenvalue weighted by Crippen LogP contribution is -1.91. The standard InChI is InChI=1S/C47H27NO2/c1-2-11-30(12-3-1)47-48-40-26-25-29-23-21-28-22-24-31(27-39(28)43(29)46(40)50-47)42-33-14-4-6-16-35(33)44(36-17-7-5-15-34(36)42)38-19-10-18-37-32-13-8-9-20-41(32)49-45(37)38/h1-27H. The van der Waals surface area contributed by atoms with Gasteiger partial charge in [-0.25, -0.2) is 4.98 Å². The van der Waals surface area contributed by atoms with Gasteiger partial charge in [0.2, 0.25) is 5.89 Å². The topological polar surface area (TPSA) is 39.2 Å². The van der Waals surface area contributed by atoms with Crippen LogP contribution in [0.15, 0.2) is 173 Å². The molecule has 11 rings (SSSR count). The van der Waals surface area contributed by atoms with Crippen molar-refractivity contribution in [3.63, 3.8) is 0 Å². The van der Waals surface area contributed by atoms with Crippen LogP contribution in [0.2, 0.25) is 0 Å². The molecule has 0 saturated heterocycles. The molecule has 0 atom stereocenters. The molecule has 2 aromatic heterocycles. The van der Waals surface area contributed by atoms with Gasteiger partial charge < -0.3 is 8.83 Å². The Hall–Kier alpha value is -6.71. The number of furan rings is 1. The molecule has 0 N–H and O–H groups in total. The van der Waals surface area contributed by atoms with Crippen LogP contribution in [0.1, 0.15) is 0 Å². The van der Waals surface area contributed by atoms with Crippen molar-refractivity contribution in [1.29, 1.82) is 0 Å². The van der Waals surface area contributed by atoms with Gasteiger partial charge in [-0.15, -0.1) is 0 Å². The summed E-state index contributed by atoms with van der Waals surface area (Å²) in [5.41, 5.74) is 9.12. The Bertz CT molecular complexity index is 3090. The van der Waals surface area contributed by atoms with Gasteiger partial charge in [-0.2, -0.15) is 0 Å². The van der Waals surface area contributed by atoms with E-state index in [1.807, 2.05) is 36.4 Å². The van der Waals surface area contributed by atoms with Crippen LogP contribution in [-0.4, -0.2) is 4.98 Å². The molecule has 9 aromatic carbocycles. The van der Waals surface area contributed by atoms with Gasteiger partial charge in [0.05, 0.1) is 0 Å². The number of fused-ring (bicyclic) bond motifs is 10. The van der Waals surface area contributed by atoms with E-state index in [1.54, 1.807) is 0 Å². The molecule has 0 saturated carbocycles. The maximum Gasteiger partial charge on any atom is 0.227 e. The van der Waals surface area contributed by atoms with E-state index in [4.69, 9.17) is 13.8 Å². The first-order valence-corrected chi connectivity index (χ1v) is 17.0. The smallest absolute Gasteiger partial charge is 0.227 e. The van der Waals surface area contributed by atoms with Crippen molar-refractivity contribution in [1.82, 2.24) is 4.98 Å². The molecule has 0 aliphatic rings. The SMILES string of the molecule is c1ccc(-c2nc3ccc4ccc5ccc(-c6c7ccccc7c(-c7cccc8c7oc7ccccc78)c7ccccc67)cc5c4c3o2)cc1. The second kappa shape index (κ2) is 10.4. The Balaban J connectivity index is 1.21. The zero-order valence-electron chi connectivity index (χ0n) is 26.9. The third-order valence-electron chi connectivity index (χ3n) is 10.3. The summed E-state index contributed by atoms with van der Waals surface area (Å²) >= 11 is 0. The predicted molar refractivity (Wildman–Crippen MR) is 208 cm³/mol. The molecule has 0 aliphatic heterocycles. The van der Waals surface area contributed by atoms with Gasteiger partial charge in [-0.3, -0.25) is 0 Å². The Morgan fingerprint density at radius 2 is 1.00 bits per heavy atom. The van der Waals surface area contributed by atoms with E-state index in [9.17, 15) is 0 Å². The van der Waals surface area contributed by atoms with E-state index >= 15 is 0 Å². The number of aromatic nitrogens is 1. The van der Waals surface area contributed by atoms with Crippen molar-refractivity contribution in [2.75, 3.05) is 0 Å². The van der Waals surface area contributed by atoms with Crippen molar-refractivity contribution in [3.05, 3.63) is 164 Å². The van der Waals surface area contributed by atoms with Gasteiger partial charge in [0.15, 0.2) is 5.58 Å². The first kappa shape index (κ1) is 27.3. The summed E-state index contributed by atoms with van der Waals surface area (Å²) in [6.45, 7) is 0. The van der Waals surface area contributed by atoms with Crippen LogP contribution < -0.4 is 0 Å². The molecule has 0 radical (unpaired) electrons. The number of rotatable bonds is 3. The molecule has 50 heavy (non-hydrogen) atoms. The first-order valence-electron chi connectivity index (χ1n) is 17.0. The van der Waals surface area contributed by atoms with Crippen molar-refractivity contribution in [2.24, 2.45) is 0 Å². The van der Waals surface area contributed by atoms with Gasteiger partial charge in [-0.05, 0) is 79.2 Å². The van der Waals surface area contributed by atoms with E-state index in [-0.39, 0.29) is 0 Å². The molecule has 0 amide bonds. The van der Waals surface area contributed by atoms with Crippen molar-refractivity contribution in [2.45, 2.75) is 0 Å². The van der Waals surface area contributed by atoms with Crippen LogP contribution >= 0.6 is 0 Å². The number of oxazole rings is 1. The first-order chi connectivity index (χ1) is 24.8. The Labute approximate surface area is 286 Å². The third kappa shape index (κ3) is 3.89. The number of benzene rings is 9. The average Bonchev–Trinajstić information content (AvgIpc) is 3.79. The number of nitrogens with zero attached hydrogens (tertiary/aromatic N) is 1. The van der Waals surface area contributed by atoms with Crippen molar-refractivity contribution >= 4 is 76.1 Å². The lowest BCUT2D eigenvalue weighted by Gasteiger charge is -2.18. The van der Waals surface area contributed by atoms with Gasteiger partial charge in [0, 0.05) is 32.8 Å². The van der Waals surface area contributed by atoms with Crippen LogP contribution in [0.3, 0.4) is 0 Å². The summed E-state index contributed by atoms with van der Waals surface area (Å²) in [5.74, 6) is 0.633. The third-order valence-corrected chi connectivity index (χ3v) is 10.3. The lowest BCUT2D eigenvalue weighted by atomic mass is 9.85. The zero-order chi connectivity index (χ0) is 32.8. The largest absolute Gasteiger partial charge is 0.455 e. The summed E-state index contributed by atoms with van der Waals surface area (Å²) < 4.78 is 13.2. The Morgan fingerprint density at radius 3 is 1.78 bits per heavy atom. The maximum absolute atomic E-state index is 6.59. The normalized spacial score (nSPS) is 12.0. The monoisotopic (exact) mass is 637 g/mol. The van der Waals surface area contributed by atoms with Crippen molar-refractivity contribution < 1.29 is 8.83 Å². The highest BCUT2D eigenvalue weighted by Gasteiger charge is 2.21. The summed E-state index contributed by atoms with van der Waals surface area (Å²) in [6, 6.07) is 58.0. The molecule has 232 valence electrons. The summed E-state index contributed by atoms with van der Waals surface area (Å²) in [7, 11) is 0. The predicted octanol–water partition coefficient (Wildman–Crippen LogP) is 13.3. The molecule has 0 bridgehead atoms. The van der Waals surface area contributed by atoms with Crippen molar-refractivity contribution in [3.8, 4) is 33.7 Å². The minimum absolute atomic E-state index is 0.633. The second-order valence-electron chi connectivity index (χ2n) is 13.0. The molecule has 2 heterocycles. The van der Waals surface area contributed by atoms with E-state index in [0.717, 1.165) is 71.3 Å². The summed E-state index contributed by atoms with van der Waals surface area (Å²) in [5, 5.41) is 11.6. The van der Waals surface area contributed by atoms with Crippen LogP contribution in [-0.2, 0) is 0 Å². The summed E-state index contributed by atoms with van der Waals surface area (Å²) in [4.78, 5) is 4.90. The maximum atomic E-state index is 6.59. The number of hydrogen-bond acceptors (Lipinski definition) is 3. The molecular weight excluding hydrogens is 611 g/mol. The van der Waals surface area contributed by atoms with Gasteiger partial charge in [-0.1, -0.05) is 133 Å². The van der Waals surface area contributed by atoms with E-state index < -0.39 is 0 Å². The van der Waals surface area contributed by atoms with Gasteiger partial charge in [0.25, 0.3) is 0 Å². The van der Waals surface area contributed by atoms with Gasteiger partial charge in [0.1, 0.15) is 16.7 Å². The number of para-hydroxylation sites is 2. The van der Waals surface area contributed by atoms with Crippen LogP contribution in [0, 0.1) is 0 Å².